The predicted octanol–water partition coefficient (Wildman–Crippen LogP) is 1.87. The first kappa shape index (κ1) is 18.8. The second-order valence-electron chi connectivity index (χ2n) is 5.50. The Morgan fingerprint density at radius 1 is 1.36 bits per heavy atom. The third-order valence-electron chi connectivity index (χ3n) is 3.97. The molecule has 0 bridgehead atoms. The number of nitrogens with one attached hydrogen (secondary N) is 1. The molecule has 1 aromatic carbocycles. The first-order valence-corrected chi connectivity index (χ1v) is 8.27. The Bertz CT molecular complexity index is 657. The van der Waals surface area contributed by atoms with Crippen LogP contribution in [0.15, 0.2) is 23.1 Å². The Kier molecular flexibility index (Phi) is 5.91. The van der Waals surface area contributed by atoms with Crippen LogP contribution in [0.25, 0.3) is 0 Å². The molecule has 0 amide bonds. The Labute approximate surface area is 135 Å². The van der Waals surface area contributed by atoms with Crippen LogP contribution in [0.4, 0.5) is 5.69 Å². The molecule has 0 unspecified atom stereocenters. The largest absolute Gasteiger partial charge is 0.329 e. The van der Waals surface area contributed by atoms with Crippen LogP contribution in [0, 0.1) is 17.0 Å². The highest BCUT2D eigenvalue weighted by Crippen LogP contribution is 2.31. The Morgan fingerprint density at radius 3 is 2.45 bits per heavy atom. The molecule has 0 radical (unpaired) electrons. The summed E-state index contributed by atoms with van der Waals surface area (Å²) in [5.74, 6) is 0. The summed E-state index contributed by atoms with van der Waals surface area (Å²) in [6.45, 7) is 1.84. The van der Waals surface area contributed by atoms with Gasteiger partial charge in [-0.05, 0) is 25.3 Å². The van der Waals surface area contributed by atoms with Crippen molar-refractivity contribution < 1.29 is 13.3 Å². The number of benzene rings is 1. The summed E-state index contributed by atoms with van der Waals surface area (Å²) in [6, 6.07) is 3.83. The zero-order valence-corrected chi connectivity index (χ0v) is 13.9. The van der Waals surface area contributed by atoms with Crippen molar-refractivity contribution in [3.63, 3.8) is 0 Å². The Morgan fingerprint density at radius 2 is 1.95 bits per heavy atom. The van der Waals surface area contributed by atoms with E-state index in [0.717, 1.165) is 18.9 Å². The van der Waals surface area contributed by atoms with Crippen LogP contribution in [0.3, 0.4) is 0 Å². The number of rotatable bonds is 5. The number of hydrogen-bond acceptors (Lipinski definition) is 5. The van der Waals surface area contributed by atoms with Crippen LogP contribution in [0.2, 0.25) is 0 Å². The summed E-state index contributed by atoms with van der Waals surface area (Å²) in [7, 11) is -3.84. The number of nitrogens with zero attached hydrogens (tertiary/aromatic N) is 1. The Hall–Kier alpha value is -1.22. The van der Waals surface area contributed by atoms with Crippen LogP contribution in [0.5, 0.6) is 0 Å². The molecule has 3 N–H and O–H groups in total. The van der Waals surface area contributed by atoms with Gasteiger partial charge < -0.3 is 5.73 Å². The fourth-order valence-electron chi connectivity index (χ4n) is 2.73. The molecular weight excluding hydrogens is 330 g/mol. The monoisotopic (exact) mass is 349 g/mol. The van der Waals surface area contributed by atoms with Crippen molar-refractivity contribution >= 4 is 28.1 Å². The molecule has 1 aliphatic rings. The van der Waals surface area contributed by atoms with Gasteiger partial charge in [-0.3, -0.25) is 10.1 Å². The quantitative estimate of drug-likeness (QED) is 0.622. The van der Waals surface area contributed by atoms with Gasteiger partial charge in [0.1, 0.15) is 0 Å². The second-order valence-corrected chi connectivity index (χ2v) is 7.15. The zero-order chi connectivity index (χ0) is 15.7. The topological polar surface area (TPSA) is 115 Å². The van der Waals surface area contributed by atoms with E-state index in [0.29, 0.717) is 18.4 Å². The van der Waals surface area contributed by atoms with Crippen LogP contribution < -0.4 is 10.5 Å². The SMILES string of the molecule is Cc1ccc([N+](=O)[O-])cc1S(=O)(=O)NC1(CN)CCCC1.Cl. The molecule has 1 fully saturated rings. The van der Waals surface area contributed by atoms with Gasteiger partial charge in [0.2, 0.25) is 10.0 Å². The maximum Gasteiger partial charge on any atom is 0.270 e. The molecule has 22 heavy (non-hydrogen) atoms. The number of nitrogens with two attached hydrogens (primary N) is 1. The normalized spacial score (nSPS) is 17.0. The lowest BCUT2D eigenvalue weighted by molar-refractivity contribution is -0.385. The average Bonchev–Trinajstić information content (AvgIpc) is 2.87. The van der Waals surface area contributed by atoms with E-state index < -0.39 is 20.5 Å². The number of nitro benzene ring substituents is 1. The highest BCUT2D eigenvalue weighted by molar-refractivity contribution is 7.89. The third-order valence-corrected chi connectivity index (χ3v) is 5.69. The third kappa shape index (κ3) is 3.75. The van der Waals surface area contributed by atoms with Gasteiger partial charge >= 0.3 is 0 Å². The second kappa shape index (κ2) is 6.91. The molecular formula is C13H20ClN3O4S. The molecule has 0 heterocycles. The van der Waals surface area contributed by atoms with Gasteiger partial charge in [0.05, 0.1) is 9.82 Å². The fraction of sp³-hybridized carbons (Fsp3) is 0.538. The first-order valence-electron chi connectivity index (χ1n) is 6.79. The van der Waals surface area contributed by atoms with E-state index in [2.05, 4.69) is 4.72 Å². The number of hydrogen-bond donors (Lipinski definition) is 2. The van der Waals surface area contributed by atoms with Crippen molar-refractivity contribution in [2.45, 2.75) is 43.0 Å². The van der Waals surface area contributed by atoms with Crippen molar-refractivity contribution in [2.75, 3.05) is 6.54 Å². The number of aryl methyl sites for hydroxylation is 1. The summed E-state index contributed by atoms with van der Waals surface area (Å²) in [6.07, 6.45) is 3.23. The number of nitro groups is 1. The smallest absolute Gasteiger partial charge is 0.270 e. The van der Waals surface area contributed by atoms with Crippen LogP contribution in [-0.4, -0.2) is 25.4 Å². The Balaban J connectivity index is 0.00000242. The average molecular weight is 350 g/mol. The first-order chi connectivity index (χ1) is 9.80. The lowest BCUT2D eigenvalue weighted by Gasteiger charge is -2.28. The van der Waals surface area contributed by atoms with E-state index in [1.54, 1.807) is 6.92 Å². The van der Waals surface area contributed by atoms with Crippen molar-refractivity contribution in [3.05, 3.63) is 33.9 Å². The summed E-state index contributed by atoms with van der Waals surface area (Å²) in [5.41, 5.74) is 5.34. The van der Waals surface area contributed by atoms with Gasteiger partial charge in [-0.15, -0.1) is 12.4 Å². The zero-order valence-electron chi connectivity index (χ0n) is 12.2. The standard InChI is InChI=1S/C13H19N3O4S.ClH/c1-10-4-5-11(16(17)18)8-12(10)21(19,20)15-13(9-14)6-2-3-7-13;/h4-5,8,15H,2-3,6-7,9,14H2,1H3;1H. The minimum Gasteiger partial charge on any atom is -0.329 e. The molecule has 9 heteroatoms. The van der Waals surface area contributed by atoms with Gasteiger partial charge in [0.25, 0.3) is 5.69 Å². The molecule has 0 aliphatic heterocycles. The van der Waals surface area contributed by atoms with E-state index in [1.807, 2.05) is 0 Å². The molecule has 1 aromatic rings. The van der Waals surface area contributed by atoms with E-state index in [1.165, 1.54) is 12.1 Å². The van der Waals surface area contributed by atoms with Gasteiger partial charge in [-0.1, -0.05) is 18.9 Å². The maximum absolute atomic E-state index is 12.6. The van der Waals surface area contributed by atoms with Crippen molar-refractivity contribution in [3.8, 4) is 0 Å². The van der Waals surface area contributed by atoms with Gasteiger partial charge in [0, 0.05) is 24.2 Å². The van der Waals surface area contributed by atoms with E-state index >= 15 is 0 Å². The number of halogens is 1. The highest BCUT2D eigenvalue weighted by atomic mass is 35.5. The summed E-state index contributed by atoms with van der Waals surface area (Å²) >= 11 is 0. The van der Waals surface area contributed by atoms with Gasteiger partial charge in [-0.2, -0.15) is 0 Å². The minimum absolute atomic E-state index is 0. The van der Waals surface area contributed by atoms with Crippen LogP contribution >= 0.6 is 12.4 Å². The fourth-order valence-corrected chi connectivity index (χ4v) is 4.47. The summed E-state index contributed by atoms with van der Waals surface area (Å²) in [5, 5.41) is 10.8. The lowest BCUT2D eigenvalue weighted by Crippen LogP contribution is -2.51. The van der Waals surface area contributed by atoms with Crippen molar-refractivity contribution in [1.29, 1.82) is 0 Å². The predicted molar refractivity (Wildman–Crippen MR) is 85.7 cm³/mol. The highest BCUT2D eigenvalue weighted by Gasteiger charge is 2.37. The summed E-state index contributed by atoms with van der Waals surface area (Å²) in [4.78, 5) is 10.2. The van der Waals surface area contributed by atoms with Crippen molar-refractivity contribution in [2.24, 2.45) is 5.73 Å². The van der Waals surface area contributed by atoms with Crippen LogP contribution in [-0.2, 0) is 10.0 Å². The van der Waals surface area contributed by atoms with Gasteiger partial charge in [-0.25, -0.2) is 13.1 Å². The summed E-state index contributed by atoms with van der Waals surface area (Å²) < 4.78 is 27.8. The molecule has 1 aliphatic carbocycles. The molecule has 1 saturated carbocycles. The molecule has 0 spiro atoms. The van der Waals surface area contributed by atoms with E-state index in [-0.39, 0.29) is 29.5 Å². The van der Waals surface area contributed by atoms with Crippen molar-refractivity contribution in [1.82, 2.24) is 4.72 Å². The van der Waals surface area contributed by atoms with Gasteiger partial charge in [0.15, 0.2) is 0 Å². The number of non-ortho nitro benzene ring substituents is 1. The maximum atomic E-state index is 12.6. The minimum atomic E-state index is -3.84. The van der Waals surface area contributed by atoms with Crippen LogP contribution in [0.1, 0.15) is 31.2 Å². The molecule has 124 valence electrons. The lowest BCUT2D eigenvalue weighted by atomic mass is 10.0. The molecule has 0 aromatic heterocycles. The molecule has 2 rings (SSSR count). The number of sulfonamides is 1. The van der Waals surface area contributed by atoms with E-state index in [9.17, 15) is 18.5 Å². The molecule has 7 nitrogen and oxygen atoms in total. The molecule has 0 atom stereocenters. The van der Waals surface area contributed by atoms with E-state index in [4.69, 9.17) is 5.73 Å². The molecule has 0 saturated heterocycles.